The van der Waals surface area contributed by atoms with Crippen molar-refractivity contribution in [2.24, 2.45) is 0 Å². The van der Waals surface area contributed by atoms with E-state index < -0.39 is 0 Å². The number of likely N-dealkylation sites (N-methyl/N-ethyl adjacent to an activating group) is 1. The number of rotatable bonds is 3. The van der Waals surface area contributed by atoms with Crippen LogP contribution in [0.5, 0.6) is 5.75 Å². The molecule has 142 valence electrons. The molecule has 0 spiro atoms. The van der Waals surface area contributed by atoms with Crippen LogP contribution in [0.15, 0.2) is 53.2 Å². The first-order valence-electron chi connectivity index (χ1n) is 9.33. The van der Waals surface area contributed by atoms with Gasteiger partial charge in [0.1, 0.15) is 23.0 Å². The number of hydrogen-bond acceptors (Lipinski definition) is 7. The van der Waals surface area contributed by atoms with E-state index in [4.69, 9.17) is 4.42 Å². The molecule has 28 heavy (non-hydrogen) atoms. The van der Waals surface area contributed by atoms with Crippen LogP contribution in [0.4, 0.5) is 17.3 Å². The lowest BCUT2D eigenvalue weighted by atomic mass is 10.2. The van der Waals surface area contributed by atoms with Gasteiger partial charge < -0.3 is 24.6 Å². The molecule has 0 unspecified atom stereocenters. The second kappa shape index (κ2) is 6.69. The first-order chi connectivity index (χ1) is 13.7. The third-order valence-corrected chi connectivity index (χ3v) is 5.21. The van der Waals surface area contributed by atoms with Crippen LogP contribution in [0.1, 0.15) is 0 Å². The fraction of sp³-hybridized carbons (Fsp3) is 0.238. The maximum atomic E-state index is 9.77. The Kier molecular flexibility index (Phi) is 4.02. The summed E-state index contributed by atoms with van der Waals surface area (Å²) in [5, 5.41) is 14.8. The number of piperazine rings is 1. The molecule has 2 N–H and O–H groups in total. The monoisotopic (exact) mass is 375 g/mol. The third-order valence-electron chi connectivity index (χ3n) is 5.21. The van der Waals surface area contributed by atoms with E-state index >= 15 is 0 Å². The molecule has 0 saturated carbocycles. The lowest BCUT2D eigenvalue weighted by molar-refractivity contribution is 0.313. The highest BCUT2D eigenvalue weighted by atomic mass is 16.3. The van der Waals surface area contributed by atoms with Crippen molar-refractivity contribution in [2.75, 3.05) is 43.4 Å². The van der Waals surface area contributed by atoms with Gasteiger partial charge in [0.05, 0.1) is 18.1 Å². The Labute approximate surface area is 162 Å². The molecule has 0 amide bonds. The first kappa shape index (κ1) is 16.8. The summed E-state index contributed by atoms with van der Waals surface area (Å²) in [4.78, 5) is 13.6. The highest BCUT2D eigenvalue weighted by Gasteiger charge is 2.14. The average molecular weight is 375 g/mol. The Bertz CT molecular complexity index is 1130. The van der Waals surface area contributed by atoms with E-state index in [1.807, 2.05) is 18.3 Å². The Balaban J connectivity index is 1.39. The summed E-state index contributed by atoms with van der Waals surface area (Å²) in [6, 6.07) is 11.0. The molecule has 0 bridgehead atoms. The zero-order valence-electron chi connectivity index (χ0n) is 15.6. The van der Waals surface area contributed by atoms with Gasteiger partial charge in [-0.25, -0.2) is 9.97 Å². The number of aromatic nitrogens is 2. The van der Waals surface area contributed by atoms with Crippen LogP contribution >= 0.6 is 0 Å². The topological polar surface area (TPSA) is 77.7 Å². The number of furan rings is 1. The SMILES string of the molecule is CN1CCN(c2ccc(Nc3cc4c(cn3)oc3ccc(O)cc34)nc2)CC1. The fourth-order valence-electron chi connectivity index (χ4n) is 3.58. The molecule has 1 aliphatic rings. The normalized spacial score (nSPS) is 15.4. The van der Waals surface area contributed by atoms with Gasteiger partial charge in [0, 0.05) is 37.0 Å². The van der Waals surface area contributed by atoms with Crippen LogP contribution < -0.4 is 10.2 Å². The Morgan fingerprint density at radius 1 is 0.893 bits per heavy atom. The Morgan fingerprint density at radius 3 is 2.46 bits per heavy atom. The van der Waals surface area contributed by atoms with Crippen LogP contribution in [0.2, 0.25) is 0 Å². The number of fused-ring (bicyclic) bond motifs is 3. The molecule has 3 aromatic heterocycles. The molecular weight excluding hydrogens is 354 g/mol. The third kappa shape index (κ3) is 3.10. The maximum absolute atomic E-state index is 9.77. The number of anilines is 3. The van der Waals surface area contributed by atoms with E-state index in [9.17, 15) is 5.11 Å². The summed E-state index contributed by atoms with van der Waals surface area (Å²) in [5.74, 6) is 1.63. The summed E-state index contributed by atoms with van der Waals surface area (Å²) in [7, 11) is 2.15. The van der Waals surface area contributed by atoms with E-state index in [0.29, 0.717) is 11.4 Å². The van der Waals surface area contributed by atoms with E-state index in [1.54, 1.807) is 24.4 Å². The zero-order chi connectivity index (χ0) is 19.1. The van der Waals surface area contributed by atoms with Crippen molar-refractivity contribution in [1.82, 2.24) is 14.9 Å². The number of nitrogens with one attached hydrogen (secondary N) is 1. The highest BCUT2D eigenvalue weighted by molar-refractivity contribution is 6.06. The maximum Gasteiger partial charge on any atom is 0.153 e. The number of nitrogens with zero attached hydrogens (tertiary/aromatic N) is 4. The minimum absolute atomic E-state index is 0.211. The number of pyridine rings is 2. The van der Waals surface area contributed by atoms with Gasteiger partial charge in [0.15, 0.2) is 5.58 Å². The molecule has 4 aromatic rings. The van der Waals surface area contributed by atoms with Crippen molar-refractivity contribution in [3.8, 4) is 5.75 Å². The summed E-state index contributed by atoms with van der Waals surface area (Å²) >= 11 is 0. The van der Waals surface area contributed by atoms with Crippen LogP contribution in [0.25, 0.3) is 21.9 Å². The van der Waals surface area contributed by atoms with E-state index in [2.05, 4.69) is 38.2 Å². The molecule has 0 radical (unpaired) electrons. The van der Waals surface area contributed by atoms with Gasteiger partial charge >= 0.3 is 0 Å². The predicted molar refractivity (Wildman–Crippen MR) is 110 cm³/mol. The van der Waals surface area contributed by atoms with Gasteiger partial charge in [-0.1, -0.05) is 0 Å². The van der Waals surface area contributed by atoms with Gasteiger partial charge in [-0.2, -0.15) is 0 Å². The largest absolute Gasteiger partial charge is 0.508 e. The number of phenols is 1. The second-order valence-corrected chi connectivity index (χ2v) is 7.17. The van der Waals surface area contributed by atoms with Crippen LogP contribution in [-0.2, 0) is 0 Å². The second-order valence-electron chi connectivity index (χ2n) is 7.17. The average Bonchev–Trinajstić information content (AvgIpc) is 3.07. The van der Waals surface area contributed by atoms with E-state index in [0.717, 1.165) is 54.0 Å². The number of aromatic hydroxyl groups is 1. The molecule has 5 rings (SSSR count). The molecule has 7 heteroatoms. The van der Waals surface area contributed by atoms with Gasteiger partial charge in [0.25, 0.3) is 0 Å². The molecule has 0 atom stereocenters. The van der Waals surface area contributed by atoms with E-state index in [1.165, 1.54) is 0 Å². The lowest BCUT2D eigenvalue weighted by Gasteiger charge is -2.33. The lowest BCUT2D eigenvalue weighted by Crippen LogP contribution is -2.44. The molecule has 0 aliphatic carbocycles. The minimum Gasteiger partial charge on any atom is -0.508 e. The van der Waals surface area contributed by atoms with Crippen LogP contribution in [0, 0.1) is 0 Å². The Morgan fingerprint density at radius 2 is 1.68 bits per heavy atom. The van der Waals surface area contributed by atoms with Gasteiger partial charge in [-0.05, 0) is 43.4 Å². The fourth-order valence-corrected chi connectivity index (χ4v) is 3.58. The predicted octanol–water partition coefficient (Wildman–Crippen LogP) is 3.58. The molecule has 1 aromatic carbocycles. The van der Waals surface area contributed by atoms with Crippen molar-refractivity contribution in [1.29, 1.82) is 0 Å². The number of benzene rings is 1. The molecule has 7 nitrogen and oxygen atoms in total. The smallest absolute Gasteiger partial charge is 0.153 e. The number of phenolic OH excluding ortho intramolecular Hbond substituents is 1. The zero-order valence-corrected chi connectivity index (χ0v) is 15.6. The molecule has 1 fully saturated rings. The van der Waals surface area contributed by atoms with Crippen molar-refractivity contribution < 1.29 is 9.52 Å². The van der Waals surface area contributed by atoms with Crippen molar-refractivity contribution in [2.45, 2.75) is 0 Å². The first-order valence-corrected chi connectivity index (χ1v) is 9.33. The molecule has 1 saturated heterocycles. The molecular formula is C21H21N5O2. The van der Waals surface area contributed by atoms with Crippen LogP contribution in [-0.4, -0.2) is 53.2 Å². The van der Waals surface area contributed by atoms with Gasteiger partial charge in [-0.15, -0.1) is 0 Å². The van der Waals surface area contributed by atoms with E-state index in [-0.39, 0.29) is 5.75 Å². The van der Waals surface area contributed by atoms with Crippen LogP contribution in [0.3, 0.4) is 0 Å². The van der Waals surface area contributed by atoms with Gasteiger partial charge in [-0.3, -0.25) is 0 Å². The summed E-state index contributed by atoms with van der Waals surface area (Å²) in [5.41, 5.74) is 2.55. The van der Waals surface area contributed by atoms with Crippen molar-refractivity contribution in [3.05, 3.63) is 48.8 Å². The number of hydrogen-bond donors (Lipinski definition) is 2. The highest BCUT2D eigenvalue weighted by Crippen LogP contribution is 2.32. The van der Waals surface area contributed by atoms with Crippen molar-refractivity contribution >= 4 is 39.3 Å². The molecule has 1 aliphatic heterocycles. The quantitative estimate of drug-likeness (QED) is 0.567. The van der Waals surface area contributed by atoms with Crippen molar-refractivity contribution in [3.63, 3.8) is 0 Å². The Hall–Kier alpha value is -3.32. The summed E-state index contributed by atoms with van der Waals surface area (Å²) < 4.78 is 5.78. The molecule has 4 heterocycles. The van der Waals surface area contributed by atoms with Gasteiger partial charge in [0.2, 0.25) is 0 Å². The summed E-state index contributed by atoms with van der Waals surface area (Å²) in [6.45, 7) is 4.17. The standard InChI is InChI=1S/C21H21N5O2/c1-25-6-8-26(9-7-25)14-2-5-20(22-12-14)24-21-11-17-16-10-15(27)3-4-18(16)28-19(17)13-23-21/h2-5,10-13,27H,6-9H2,1H3,(H,22,23,24). The summed E-state index contributed by atoms with van der Waals surface area (Å²) in [6.07, 6.45) is 3.59. The minimum atomic E-state index is 0.211.